The van der Waals surface area contributed by atoms with Gasteiger partial charge in [-0.05, 0) is 59.0 Å². The summed E-state index contributed by atoms with van der Waals surface area (Å²) in [5.74, 6) is -1.21. The predicted molar refractivity (Wildman–Crippen MR) is 96.3 cm³/mol. The Morgan fingerprint density at radius 3 is 2.30 bits per heavy atom. The van der Waals surface area contributed by atoms with E-state index in [1.807, 2.05) is 0 Å². The molecule has 0 aromatic heterocycles. The molecule has 0 spiro atoms. The minimum absolute atomic E-state index is 0.0440. The number of rotatable bonds is 3. The summed E-state index contributed by atoms with van der Waals surface area (Å²) in [5.41, 5.74) is 0.677. The van der Waals surface area contributed by atoms with E-state index in [1.165, 1.54) is 6.07 Å². The monoisotopic (exact) mass is 440 g/mol. The molecule has 5 nitrogen and oxygen atoms in total. The van der Waals surface area contributed by atoms with Gasteiger partial charge in [0.15, 0.2) is 0 Å². The molecule has 23 heavy (non-hydrogen) atoms. The Morgan fingerprint density at radius 2 is 1.65 bits per heavy atom. The molecule has 0 fully saturated rings. The maximum absolute atomic E-state index is 12.5. The van der Waals surface area contributed by atoms with Crippen molar-refractivity contribution in [2.45, 2.75) is 0 Å². The average Bonchev–Trinajstić information content (AvgIpc) is 2.74. The Labute approximate surface area is 150 Å². The van der Waals surface area contributed by atoms with Gasteiger partial charge in [0.1, 0.15) is 16.5 Å². The average molecular weight is 441 g/mol. The maximum atomic E-state index is 12.5. The van der Waals surface area contributed by atoms with E-state index in [2.05, 4.69) is 27.9 Å². The number of nitrogens with zero attached hydrogens (tertiary/aromatic N) is 1. The van der Waals surface area contributed by atoms with E-state index < -0.39 is 11.8 Å². The van der Waals surface area contributed by atoms with Gasteiger partial charge < -0.3 is 10.4 Å². The van der Waals surface area contributed by atoms with Crippen LogP contribution in [0.2, 0.25) is 0 Å². The van der Waals surface area contributed by atoms with Crippen molar-refractivity contribution in [1.29, 1.82) is 0 Å². The van der Waals surface area contributed by atoms with Crippen LogP contribution in [0.1, 0.15) is 0 Å². The van der Waals surface area contributed by atoms with Crippen LogP contribution >= 0.6 is 34.2 Å². The molecule has 2 aromatic rings. The molecule has 0 bridgehead atoms. The summed E-state index contributed by atoms with van der Waals surface area (Å²) in [4.78, 5) is 25.8. The van der Waals surface area contributed by atoms with Gasteiger partial charge in [-0.2, -0.15) is 0 Å². The van der Waals surface area contributed by atoms with Crippen molar-refractivity contribution < 1.29 is 14.7 Å². The third kappa shape index (κ3) is 2.91. The van der Waals surface area contributed by atoms with Crippen LogP contribution < -0.4 is 10.2 Å². The molecule has 0 atom stereocenters. The van der Waals surface area contributed by atoms with Crippen molar-refractivity contribution in [2.24, 2.45) is 0 Å². The van der Waals surface area contributed by atoms with Gasteiger partial charge in [-0.15, -0.1) is 0 Å². The van der Waals surface area contributed by atoms with Crippen molar-refractivity contribution in [3.8, 4) is 5.75 Å². The number of hydrogen-bond donors (Lipinski definition) is 2. The minimum Gasteiger partial charge on any atom is -0.506 e. The summed E-state index contributed by atoms with van der Waals surface area (Å²) >= 11 is 8.16. The highest BCUT2D eigenvalue weighted by Gasteiger charge is 2.39. The molecule has 3 rings (SSSR count). The second kappa shape index (κ2) is 6.21. The van der Waals surface area contributed by atoms with Crippen molar-refractivity contribution in [3.63, 3.8) is 0 Å². The van der Waals surface area contributed by atoms with Crippen LogP contribution in [0.4, 0.5) is 11.4 Å². The van der Waals surface area contributed by atoms with Crippen LogP contribution in [0, 0.1) is 3.57 Å². The first-order valence-corrected chi connectivity index (χ1v) is 8.04. The van der Waals surface area contributed by atoms with Gasteiger partial charge in [-0.1, -0.05) is 23.7 Å². The Balaban J connectivity index is 1.93. The van der Waals surface area contributed by atoms with Crippen LogP contribution in [-0.4, -0.2) is 16.9 Å². The number of imide groups is 1. The van der Waals surface area contributed by atoms with Gasteiger partial charge in [-0.3, -0.25) is 9.59 Å². The van der Waals surface area contributed by atoms with E-state index in [0.29, 0.717) is 11.4 Å². The Morgan fingerprint density at radius 1 is 1.00 bits per heavy atom. The maximum Gasteiger partial charge on any atom is 0.283 e. The van der Waals surface area contributed by atoms with E-state index in [-0.39, 0.29) is 16.5 Å². The number of anilines is 2. The van der Waals surface area contributed by atoms with E-state index in [9.17, 15) is 14.7 Å². The van der Waals surface area contributed by atoms with E-state index in [0.717, 1.165) is 8.47 Å². The van der Waals surface area contributed by atoms with Gasteiger partial charge in [0.2, 0.25) is 0 Å². The summed E-state index contributed by atoms with van der Waals surface area (Å²) in [6.07, 6.45) is 0. The quantitative estimate of drug-likeness (QED) is 0.436. The molecule has 2 aromatic carbocycles. The number of para-hydroxylation sites is 2. The fraction of sp³-hybridized carbons (Fsp3) is 0. The number of phenols is 1. The molecule has 7 heteroatoms. The lowest BCUT2D eigenvalue weighted by atomic mass is 10.2. The van der Waals surface area contributed by atoms with Crippen LogP contribution in [0.5, 0.6) is 5.75 Å². The predicted octanol–water partition coefficient (Wildman–Crippen LogP) is 3.43. The molecule has 1 aliphatic rings. The number of aromatic hydroxyl groups is 1. The second-order valence-corrected chi connectivity index (χ2v) is 6.38. The van der Waals surface area contributed by atoms with Crippen LogP contribution in [0.3, 0.4) is 0 Å². The number of phenolic OH excluding ortho intramolecular Hbond substituents is 1. The third-order valence-corrected chi connectivity index (χ3v) is 4.35. The van der Waals surface area contributed by atoms with Crippen LogP contribution in [0.25, 0.3) is 0 Å². The molecule has 0 unspecified atom stereocenters. The summed E-state index contributed by atoms with van der Waals surface area (Å²) < 4.78 is 0.983. The fourth-order valence-electron chi connectivity index (χ4n) is 2.15. The fourth-order valence-corrected chi connectivity index (χ4v) is 2.72. The number of carbonyl (C=O) groups excluding carboxylic acids is 2. The minimum atomic E-state index is -0.601. The standard InChI is InChI=1S/C16H10ClIN2O3/c17-13-14(19-11-3-1-2-4-12(11)21)16(23)20(15(13)22)10-7-5-9(18)6-8-10/h1-8,19,21H. The van der Waals surface area contributed by atoms with Gasteiger partial charge in [0.05, 0.1) is 11.4 Å². The van der Waals surface area contributed by atoms with Gasteiger partial charge in [0.25, 0.3) is 11.8 Å². The lowest BCUT2D eigenvalue weighted by Crippen LogP contribution is -2.32. The molecule has 0 radical (unpaired) electrons. The van der Waals surface area contributed by atoms with Crippen molar-refractivity contribution >= 4 is 57.4 Å². The Bertz CT molecular complexity index is 833. The lowest BCUT2D eigenvalue weighted by Gasteiger charge is -2.15. The first-order chi connectivity index (χ1) is 11.0. The molecule has 1 heterocycles. The van der Waals surface area contributed by atoms with E-state index in [1.54, 1.807) is 42.5 Å². The molecular weight excluding hydrogens is 431 g/mol. The normalized spacial score (nSPS) is 14.6. The molecule has 0 saturated heterocycles. The molecule has 2 amide bonds. The molecule has 0 saturated carbocycles. The summed E-state index contributed by atoms with van der Waals surface area (Å²) in [6.45, 7) is 0. The van der Waals surface area contributed by atoms with Crippen molar-refractivity contribution in [1.82, 2.24) is 0 Å². The van der Waals surface area contributed by atoms with Crippen molar-refractivity contribution in [3.05, 3.63) is 62.8 Å². The first-order valence-electron chi connectivity index (χ1n) is 6.58. The van der Waals surface area contributed by atoms with E-state index in [4.69, 9.17) is 11.6 Å². The van der Waals surface area contributed by atoms with Crippen LogP contribution in [0.15, 0.2) is 59.3 Å². The van der Waals surface area contributed by atoms with Gasteiger partial charge in [-0.25, -0.2) is 4.90 Å². The summed E-state index contributed by atoms with van der Waals surface area (Å²) in [6, 6.07) is 13.3. The highest BCUT2D eigenvalue weighted by Crippen LogP contribution is 2.32. The number of hydrogen-bond acceptors (Lipinski definition) is 4. The SMILES string of the molecule is O=C1C(Cl)=C(Nc2ccccc2O)C(=O)N1c1ccc(I)cc1. The Hall–Kier alpha value is -2.06. The number of halogens is 2. The lowest BCUT2D eigenvalue weighted by molar-refractivity contribution is -0.120. The number of amides is 2. The van der Waals surface area contributed by atoms with Gasteiger partial charge >= 0.3 is 0 Å². The summed E-state index contributed by atoms with van der Waals surface area (Å²) in [7, 11) is 0. The highest BCUT2D eigenvalue weighted by molar-refractivity contribution is 14.1. The Kier molecular flexibility index (Phi) is 4.27. The topological polar surface area (TPSA) is 69.6 Å². The molecule has 2 N–H and O–H groups in total. The zero-order valence-electron chi connectivity index (χ0n) is 11.6. The molecule has 1 aliphatic heterocycles. The zero-order valence-corrected chi connectivity index (χ0v) is 14.5. The number of benzene rings is 2. The van der Waals surface area contributed by atoms with Crippen LogP contribution in [-0.2, 0) is 9.59 Å². The largest absolute Gasteiger partial charge is 0.506 e. The van der Waals surface area contributed by atoms with E-state index >= 15 is 0 Å². The molecule has 0 aliphatic carbocycles. The third-order valence-electron chi connectivity index (χ3n) is 3.28. The highest BCUT2D eigenvalue weighted by atomic mass is 127. The first kappa shape index (κ1) is 15.8. The molecular formula is C16H10ClIN2O3. The molecule has 116 valence electrons. The number of nitrogens with one attached hydrogen (secondary N) is 1. The van der Waals surface area contributed by atoms with Crippen molar-refractivity contribution in [2.75, 3.05) is 10.2 Å². The summed E-state index contributed by atoms with van der Waals surface area (Å²) in [5, 5.41) is 12.3. The smallest absolute Gasteiger partial charge is 0.283 e. The number of carbonyl (C=O) groups is 2. The zero-order chi connectivity index (χ0) is 16.6. The second-order valence-electron chi connectivity index (χ2n) is 4.75. The van der Waals surface area contributed by atoms with Gasteiger partial charge in [0, 0.05) is 3.57 Å².